The zero-order valence-electron chi connectivity index (χ0n) is 16.4. The molecule has 0 radical (unpaired) electrons. The molecular formula is C22H26N4O2. The van der Waals surface area contributed by atoms with Gasteiger partial charge >= 0.3 is 0 Å². The van der Waals surface area contributed by atoms with Crippen LogP contribution in [0.15, 0.2) is 48.7 Å². The molecule has 146 valence electrons. The number of hydrogen-bond acceptors (Lipinski definition) is 3. The molecule has 2 heterocycles. The second-order valence-corrected chi connectivity index (χ2v) is 6.71. The lowest BCUT2D eigenvalue weighted by Gasteiger charge is -2.04. The van der Waals surface area contributed by atoms with Gasteiger partial charge in [0, 0.05) is 18.4 Å². The number of imidazole rings is 1. The predicted octanol–water partition coefficient (Wildman–Crippen LogP) is 4.07. The van der Waals surface area contributed by atoms with Gasteiger partial charge in [0.15, 0.2) is 5.69 Å². The first kappa shape index (κ1) is 19.6. The summed E-state index contributed by atoms with van der Waals surface area (Å²) in [6.45, 7) is 4.80. The van der Waals surface area contributed by atoms with Gasteiger partial charge in [-0.1, -0.05) is 44.9 Å². The quantitative estimate of drug-likeness (QED) is 0.580. The van der Waals surface area contributed by atoms with Crippen molar-refractivity contribution in [3.05, 3.63) is 65.7 Å². The van der Waals surface area contributed by atoms with Crippen LogP contribution in [0.4, 0.5) is 5.69 Å². The molecule has 0 spiro atoms. The second-order valence-electron chi connectivity index (χ2n) is 6.71. The van der Waals surface area contributed by atoms with E-state index in [4.69, 9.17) is 0 Å². The summed E-state index contributed by atoms with van der Waals surface area (Å²) >= 11 is 0. The van der Waals surface area contributed by atoms with Crippen molar-refractivity contribution in [1.82, 2.24) is 14.7 Å². The van der Waals surface area contributed by atoms with Crippen LogP contribution >= 0.6 is 0 Å². The van der Waals surface area contributed by atoms with Crippen molar-refractivity contribution in [3.8, 4) is 0 Å². The third-order valence-corrected chi connectivity index (χ3v) is 4.65. The van der Waals surface area contributed by atoms with Crippen molar-refractivity contribution in [2.24, 2.45) is 0 Å². The van der Waals surface area contributed by atoms with Crippen molar-refractivity contribution in [1.29, 1.82) is 0 Å². The minimum atomic E-state index is -0.335. The van der Waals surface area contributed by atoms with Crippen LogP contribution in [0.3, 0.4) is 0 Å². The number of nitrogens with zero attached hydrogens (tertiary/aromatic N) is 2. The SMILES string of the molecule is CCCCCNC(=O)c1nc(C(=O)Nc2ccc(CC)cc2)c2ccccn12. The van der Waals surface area contributed by atoms with Crippen LogP contribution in [0, 0.1) is 0 Å². The van der Waals surface area contributed by atoms with Gasteiger partial charge in [-0.3, -0.25) is 14.0 Å². The van der Waals surface area contributed by atoms with Gasteiger partial charge in [0.25, 0.3) is 11.8 Å². The fraction of sp³-hybridized carbons (Fsp3) is 0.318. The van der Waals surface area contributed by atoms with E-state index in [0.717, 1.165) is 25.7 Å². The van der Waals surface area contributed by atoms with Crippen molar-refractivity contribution in [2.45, 2.75) is 39.5 Å². The van der Waals surface area contributed by atoms with Crippen LogP contribution in [0.2, 0.25) is 0 Å². The van der Waals surface area contributed by atoms with E-state index in [1.807, 2.05) is 36.4 Å². The number of unbranched alkanes of at least 4 members (excludes halogenated alkanes) is 2. The Balaban J connectivity index is 1.82. The number of aryl methyl sites for hydroxylation is 1. The van der Waals surface area contributed by atoms with E-state index in [9.17, 15) is 9.59 Å². The van der Waals surface area contributed by atoms with Gasteiger partial charge in [-0.25, -0.2) is 4.98 Å². The zero-order chi connectivity index (χ0) is 19.9. The molecule has 0 unspecified atom stereocenters. The summed E-state index contributed by atoms with van der Waals surface area (Å²) in [6, 6.07) is 13.1. The number of fused-ring (bicyclic) bond motifs is 1. The van der Waals surface area contributed by atoms with E-state index in [1.54, 1.807) is 16.7 Å². The molecule has 0 aliphatic heterocycles. The number of anilines is 1. The first-order valence-corrected chi connectivity index (χ1v) is 9.79. The van der Waals surface area contributed by atoms with Crippen LogP contribution in [0.5, 0.6) is 0 Å². The lowest BCUT2D eigenvalue weighted by atomic mass is 10.1. The Morgan fingerprint density at radius 2 is 1.79 bits per heavy atom. The maximum absolute atomic E-state index is 12.8. The van der Waals surface area contributed by atoms with E-state index in [2.05, 4.69) is 29.5 Å². The molecule has 2 N–H and O–H groups in total. The van der Waals surface area contributed by atoms with Gasteiger partial charge in [-0.2, -0.15) is 0 Å². The Hall–Kier alpha value is -3.15. The van der Waals surface area contributed by atoms with Gasteiger partial charge < -0.3 is 10.6 Å². The summed E-state index contributed by atoms with van der Waals surface area (Å²) in [7, 11) is 0. The second kappa shape index (κ2) is 9.17. The highest BCUT2D eigenvalue weighted by Crippen LogP contribution is 2.16. The molecule has 0 bridgehead atoms. The first-order valence-electron chi connectivity index (χ1n) is 9.79. The molecule has 28 heavy (non-hydrogen) atoms. The summed E-state index contributed by atoms with van der Waals surface area (Å²) in [4.78, 5) is 29.7. The molecule has 6 heteroatoms. The monoisotopic (exact) mass is 378 g/mol. The Morgan fingerprint density at radius 3 is 2.50 bits per heavy atom. The molecule has 0 saturated heterocycles. The molecule has 3 aromatic rings. The van der Waals surface area contributed by atoms with Crippen LogP contribution in [0.1, 0.15) is 59.8 Å². The van der Waals surface area contributed by atoms with Crippen molar-refractivity contribution in [2.75, 3.05) is 11.9 Å². The Bertz CT molecular complexity index is 960. The number of carbonyl (C=O) groups is 2. The lowest BCUT2D eigenvalue weighted by molar-refractivity contribution is 0.0942. The molecule has 3 rings (SSSR count). The number of pyridine rings is 1. The molecule has 0 saturated carbocycles. The lowest BCUT2D eigenvalue weighted by Crippen LogP contribution is -2.26. The smallest absolute Gasteiger partial charge is 0.287 e. The number of carbonyl (C=O) groups excluding carboxylic acids is 2. The normalized spacial score (nSPS) is 10.8. The highest BCUT2D eigenvalue weighted by molar-refractivity contribution is 6.08. The summed E-state index contributed by atoms with van der Waals surface area (Å²) in [5.41, 5.74) is 2.74. The number of aromatic nitrogens is 2. The fourth-order valence-electron chi connectivity index (χ4n) is 3.04. The fourth-order valence-corrected chi connectivity index (χ4v) is 3.04. The highest BCUT2D eigenvalue weighted by atomic mass is 16.2. The van der Waals surface area contributed by atoms with Crippen molar-refractivity contribution < 1.29 is 9.59 Å². The number of benzene rings is 1. The minimum Gasteiger partial charge on any atom is -0.349 e. The molecule has 0 aliphatic carbocycles. The number of rotatable bonds is 8. The van der Waals surface area contributed by atoms with E-state index < -0.39 is 0 Å². The Morgan fingerprint density at radius 1 is 1.00 bits per heavy atom. The molecule has 0 fully saturated rings. The molecule has 6 nitrogen and oxygen atoms in total. The number of nitrogens with one attached hydrogen (secondary N) is 2. The third kappa shape index (κ3) is 4.39. The largest absolute Gasteiger partial charge is 0.349 e. The Kier molecular flexibility index (Phi) is 6.42. The average Bonchev–Trinajstić information content (AvgIpc) is 3.11. The van der Waals surface area contributed by atoms with E-state index in [0.29, 0.717) is 17.7 Å². The zero-order valence-corrected chi connectivity index (χ0v) is 16.4. The average molecular weight is 378 g/mol. The highest BCUT2D eigenvalue weighted by Gasteiger charge is 2.21. The summed E-state index contributed by atoms with van der Waals surface area (Å²) in [6.07, 6.45) is 5.76. The molecule has 2 aromatic heterocycles. The maximum Gasteiger partial charge on any atom is 0.287 e. The van der Waals surface area contributed by atoms with Gasteiger partial charge in [0.1, 0.15) is 0 Å². The summed E-state index contributed by atoms with van der Waals surface area (Å²) in [5, 5.41) is 5.75. The molecule has 0 aliphatic rings. The number of hydrogen-bond donors (Lipinski definition) is 2. The van der Waals surface area contributed by atoms with Crippen molar-refractivity contribution in [3.63, 3.8) is 0 Å². The van der Waals surface area contributed by atoms with E-state index in [1.165, 1.54) is 5.56 Å². The van der Waals surface area contributed by atoms with E-state index >= 15 is 0 Å². The van der Waals surface area contributed by atoms with Gasteiger partial charge in [0.05, 0.1) is 5.52 Å². The van der Waals surface area contributed by atoms with Crippen LogP contribution in [-0.4, -0.2) is 27.7 Å². The minimum absolute atomic E-state index is 0.221. The standard InChI is InChI=1S/C22H26N4O2/c1-3-5-7-14-23-22(28)20-25-19(18-9-6-8-15-26(18)20)21(27)24-17-12-10-16(4-2)11-13-17/h6,8-13,15H,3-5,7,14H2,1-2H3,(H,23,28)(H,24,27). The molecule has 0 atom stereocenters. The molecule has 2 amide bonds. The van der Waals surface area contributed by atoms with E-state index in [-0.39, 0.29) is 23.3 Å². The van der Waals surface area contributed by atoms with Gasteiger partial charge in [-0.05, 0) is 42.7 Å². The molecule has 1 aromatic carbocycles. The predicted molar refractivity (Wildman–Crippen MR) is 111 cm³/mol. The van der Waals surface area contributed by atoms with Crippen LogP contribution < -0.4 is 10.6 Å². The third-order valence-electron chi connectivity index (χ3n) is 4.65. The topological polar surface area (TPSA) is 75.5 Å². The number of amides is 2. The molecular weight excluding hydrogens is 352 g/mol. The first-order chi connectivity index (χ1) is 13.6. The Labute approximate surface area is 165 Å². The van der Waals surface area contributed by atoms with Gasteiger partial charge in [-0.15, -0.1) is 0 Å². The van der Waals surface area contributed by atoms with Crippen LogP contribution in [-0.2, 0) is 6.42 Å². The maximum atomic E-state index is 12.8. The summed E-state index contributed by atoms with van der Waals surface area (Å²) < 4.78 is 1.66. The summed E-state index contributed by atoms with van der Waals surface area (Å²) in [5.74, 6) is -0.389. The van der Waals surface area contributed by atoms with Crippen molar-refractivity contribution >= 4 is 23.0 Å². The van der Waals surface area contributed by atoms with Crippen LogP contribution in [0.25, 0.3) is 5.52 Å². The van der Waals surface area contributed by atoms with Gasteiger partial charge in [0.2, 0.25) is 5.82 Å².